The number of aromatic nitrogens is 2. The maximum absolute atomic E-state index is 12.6. The van der Waals surface area contributed by atoms with Crippen LogP contribution in [0.15, 0.2) is 42.5 Å². The van der Waals surface area contributed by atoms with Crippen LogP contribution in [0.1, 0.15) is 35.6 Å². The Morgan fingerprint density at radius 3 is 2.20 bits per heavy atom. The Kier molecular flexibility index (Phi) is 5.15. The molecule has 0 radical (unpaired) electrons. The number of carboxylic acids is 1. The first-order valence-electron chi connectivity index (χ1n) is 7.67. The molecule has 0 amide bonds. The molecule has 0 aliphatic carbocycles. The van der Waals surface area contributed by atoms with Gasteiger partial charge in [0.25, 0.3) is 0 Å². The summed E-state index contributed by atoms with van der Waals surface area (Å²) in [7, 11) is 0. The van der Waals surface area contributed by atoms with Crippen LogP contribution in [0.25, 0.3) is 16.7 Å². The molecule has 0 fully saturated rings. The molecule has 0 atom stereocenters. The zero-order valence-corrected chi connectivity index (χ0v) is 13.9. The van der Waals surface area contributed by atoms with Gasteiger partial charge in [-0.05, 0) is 49.4 Å². The van der Waals surface area contributed by atoms with Crippen LogP contribution >= 0.6 is 0 Å². The quantitative estimate of drug-likeness (QED) is 0.701. The number of halogens is 3. The maximum Gasteiger partial charge on any atom is 0.416 e. The number of hydrogen-bond donors (Lipinski definition) is 1. The highest BCUT2D eigenvalue weighted by molar-refractivity contribution is 5.92. The second kappa shape index (κ2) is 6.96. The third-order valence-electron chi connectivity index (χ3n) is 3.52. The van der Waals surface area contributed by atoms with Gasteiger partial charge in [0.15, 0.2) is 0 Å². The number of hydrogen-bond acceptors (Lipinski definition) is 2. The number of rotatable bonds is 2. The van der Waals surface area contributed by atoms with E-state index in [0.29, 0.717) is 22.5 Å². The fourth-order valence-corrected chi connectivity index (χ4v) is 2.46. The third kappa shape index (κ3) is 3.65. The maximum atomic E-state index is 12.6. The van der Waals surface area contributed by atoms with Crippen LogP contribution < -0.4 is 0 Å². The molecule has 3 aromatic rings. The van der Waals surface area contributed by atoms with E-state index in [1.807, 2.05) is 13.8 Å². The van der Waals surface area contributed by atoms with E-state index in [-0.39, 0.29) is 5.56 Å². The van der Waals surface area contributed by atoms with Crippen LogP contribution in [-0.4, -0.2) is 20.6 Å². The summed E-state index contributed by atoms with van der Waals surface area (Å²) in [5, 5.41) is 9.00. The van der Waals surface area contributed by atoms with E-state index < -0.39 is 17.7 Å². The van der Waals surface area contributed by atoms with Crippen molar-refractivity contribution in [3.8, 4) is 5.69 Å². The average molecular weight is 350 g/mol. The second-order valence-corrected chi connectivity index (χ2v) is 5.05. The minimum atomic E-state index is -4.39. The van der Waals surface area contributed by atoms with Crippen molar-refractivity contribution in [2.75, 3.05) is 0 Å². The molecular weight excluding hydrogens is 333 g/mol. The second-order valence-electron chi connectivity index (χ2n) is 5.05. The van der Waals surface area contributed by atoms with Gasteiger partial charge in [-0.15, -0.1) is 0 Å². The van der Waals surface area contributed by atoms with Gasteiger partial charge in [0.2, 0.25) is 0 Å². The van der Waals surface area contributed by atoms with Crippen molar-refractivity contribution in [1.82, 2.24) is 9.55 Å². The fraction of sp³-hybridized carbons (Fsp3) is 0.222. The lowest BCUT2D eigenvalue weighted by molar-refractivity contribution is -0.137. The number of carboxylic acid groups (broad SMARTS) is 1. The monoisotopic (exact) mass is 350 g/mol. The van der Waals surface area contributed by atoms with Gasteiger partial charge in [0, 0.05) is 5.69 Å². The van der Waals surface area contributed by atoms with Crippen LogP contribution in [-0.2, 0) is 6.18 Å². The summed E-state index contributed by atoms with van der Waals surface area (Å²) in [6, 6.07) is 9.20. The highest BCUT2D eigenvalue weighted by Gasteiger charge is 2.30. The molecule has 2 aromatic carbocycles. The standard InChI is InChI=1S/C16H11F3N2O2.C2H6/c1-9-20-13-8-10(15(22)23)2-7-14(13)21(9)12-5-3-11(4-6-12)16(17,18)19;1-2/h2-8H,1H3,(H,22,23);1-2H3. The van der Waals surface area contributed by atoms with Crippen molar-refractivity contribution in [2.24, 2.45) is 0 Å². The molecule has 0 unspecified atom stereocenters. The summed E-state index contributed by atoms with van der Waals surface area (Å²) in [6.45, 7) is 5.71. The molecule has 7 heteroatoms. The van der Waals surface area contributed by atoms with Crippen LogP contribution in [0.3, 0.4) is 0 Å². The number of imidazole rings is 1. The predicted molar refractivity (Wildman–Crippen MR) is 89.1 cm³/mol. The van der Waals surface area contributed by atoms with Crippen LogP contribution in [0.5, 0.6) is 0 Å². The van der Waals surface area contributed by atoms with Crippen molar-refractivity contribution < 1.29 is 23.1 Å². The number of carbonyl (C=O) groups is 1. The van der Waals surface area contributed by atoms with Gasteiger partial charge in [-0.1, -0.05) is 13.8 Å². The van der Waals surface area contributed by atoms with Gasteiger partial charge in [0.05, 0.1) is 22.2 Å². The minimum absolute atomic E-state index is 0.106. The first-order chi connectivity index (χ1) is 11.8. The zero-order chi connectivity index (χ0) is 18.8. The Hall–Kier alpha value is -2.83. The van der Waals surface area contributed by atoms with E-state index in [0.717, 1.165) is 12.1 Å². The molecule has 132 valence electrons. The third-order valence-corrected chi connectivity index (χ3v) is 3.52. The number of alkyl halides is 3. The molecule has 0 spiro atoms. The topological polar surface area (TPSA) is 55.1 Å². The average Bonchev–Trinajstić information content (AvgIpc) is 2.90. The van der Waals surface area contributed by atoms with E-state index in [9.17, 15) is 18.0 Å². The molecule has 0 aliphatic rings. The van der Waals surface area contributed by atoms with Gasteiger partial charge < -0.3 is 5.11 Å². The lowest BCUT2D eigenvalue weighted by Gasteiger charge is -2.10. The molecule has 0 bridgehead atoms. The summed E-state index contributed by atoms with van der Waals surface area (Å²) in [5.41, 5.74) is 1.02. The van der Waals surface area contributed by atoms with E-state index >= 15 is 0 Å². The lowest BCUT2D eigenvalue weighted by atomic mass is 10.2. The Balaban J connectivity index is 0.00000109. The molecular formula is C18H17F3N2O2. The first kappa shape index (κ1) is 18.5. The molecule has 3 rings (SSSR count). The lowest BCUT2D eigenvalue weighted by Crippen LogP contribution is -2.05. The molecule has 0 saturated heterocycles. The predicted octanol–water partition coefficient (Wildman–Crippen LogP) is 5.08. The minimum Gasteiger partial charge on any atom is -0.478 e. The molecule has 4 nitrogen and oxygen atoms in total. The van der Waals surface area contributed by atoms with Crippen molar-refractivity contribution in [3.63, 3.8) is 0 Å². The molecule has 1 N–H and O–H groups in total. The SMILES string of the molecule is CC.Cc1nc2cc(C(=O)O)ccc2n1-c1ccc(C(F)(F)F)cc1. The molecule has 0 saturated carbocycles. The highest BCUT2D eigenvalue weighted by Crippen LogP contribution is 2.30. The number of benzene rings is 2. The highest BCUT2D eigenvalue weighted by atomic mass is 19.4. The van der Waals surface area contributed by atoms with Crippen LogP contribution in [0.2, 0.25) is 0 Å². The first-order valence-corrected chi connectivity index (χ1v) is 7.67. The number of fused-ring (bicyclic) bond motifs is 1. The molecule has 25 heavy (non-hydrogen) atoms. The van der Waals surface area contributed by atoms with E-state index in [1.165, 1.54) is 24.3 Å². The van der Waals surface area contributed by atoms with Crippen LogP contribution in [0, 0.1) is 6.92 Å². The van der Waals surface area contributed by atoms with Crippen molar-refractivity contribution in [1.29, 1.82) is 0 Å². The fourth-order valence-electron chi connectivity index (χ4n) is 2.46. The number of aryl methyl sites for hydroxylation is 1. The number of nitrogens with zero attached hydrogens (tertiary/aromatic N) is 2. The van der Waals surface area contributed by atoms with Crippen molar-refractivity contribution in [2.45, 2.75) is 26.9 Å². The Bertz CT molecular complexity index is 897. The van der Waals surface area contributed by atoms with Gasteiger partial charge in [-0.25, -0.2) is 9.78 Å². The molecule has 1 heterocycles. The van der Waals surface area contributed by atoms with E-state index in [1.54, 1.807) is 17.6 Å². The zero-order valence-electron chi connectivity index (χ0n) is 13.9. The number of aromatic carboxylic acids is 1. The Morgan fingerprint density at radius 1 is 1.08 bits per heavy atom. The van der Waals surface area contributed by atoms with E-state index in [2.05, 4.69) is 4.98 Å². The normalized spacial score (nSPS) is 11.1. The Morgan fingerprint density at radius 2 is 1.68 bits per heavy atom. The largest absolute Gasteiger partial charge is 0.478 e. The van der Waals surface area contributed by atoms with Gasteiger partial charge in [-0.3, -0.25) is 4.57 Å². The summed E-state index contributed by atoms with van der Waals surface area (Å²) in [6.07, 6.45) is -4.39. The van der Waals surface area contributed by atoms with Crippen molar-refractivity contribution >= 4 is 17.0 Å². The molecule has 1 aromatic heterocycles. The van der Waals surface area contributed by atoms with Gasteiger partial charge >= 0.3 is 12.1 Å². The summed E-state index contributed by atoms with van der Waals surface area (Å²) < 4.78 is 39.6. The summed E-state index contributed by atoms with van der Waals surface area (Å²) in [5.74, 6) is -0.504. The summed E-state index contributed by atoms with van der Waals surface area (Å²) in [4.78, 5) is 15.3. The van der Waals surface area contributed by atoms with Crippen molar-refractivity contribution in [3.05, 3.63) is 59.4 Å². The Labute approximate surface area is 142 Å². The van der Waals surface area contributed by atoms with Gasteiger partial charge in [0.1, 0.15) is 5.82 Å². The summed E-state index contributed by atoms with van der Waals surface area (Å²) >= 11 is 0. The van der Waals surface area contributed by atoms with E-state index in [4.69, 9.17) is 5.11 Å². The van der Waals surface area contributed by atoms with Gasteiger partial charge in [-0.2, -0.15) is 13.2 Å². The smallest absolute Gasteiger partial charge is 0.416 e. The van der Waals surface area contributed by atoms with Crippen LogP contribution in [0.4, 0.5) is 13.2 Å². The molecule has 0 aliphatic heterocycles.